The number of benzene rings is 1. The summed E-state index contributed by atoms with van der Waals surface area (Å²) in [6.07, 6.45) is 0. The molecular weight excluding hydrogens is 216 g/mol. The van der Waals surface area contributed by atoms with E-state index in [1.807, 2.05) is 25.3 Å². The molecule has 5 heteroatoms. The lowest BCUT2D eigenvalue weighted by Crippen LogP contribution is -2.34. The number of carbonyl (C=O) groups is 1. The number of hydrazine groups is 1. The normalized spacial score (nSPS) is 9.87. The summed E-state index contributed by atoms with van der Waals surface area (Å²) >= 11 is 5.97. The molecule has 0 aliphatic rings. The maximum Gasteiger partial charge on any atom is 0.271 e. The number of carbonyl (C=O) groups excluding carboxylic acids is 1. The highest BCUT2D eigenvalue weighted by molar-refractivity contribution is 6.32. The molecule has 82 valence electrons. The van der Waals surface area contributed by atoms with E-state index in [9.17, 15) is 4.79 Å². The van der Waals surface area contributed by atoms with Gasteiger partial charge in [-0.15, -0.1) is 0 Å². The van der Waals surface area contributed by atoms with Gasteiger partial charge in [-0.05, 0) is 31.0 Å². The molecule has 0 saturated carbocycles. The molecule has 0 spiro atoms. The van der Waals surface area contributed by atoms with E-state index in [0.717, 1.165) is 11.1 Å². The van der Waals surface area contributed by atoms with Gasteiger partial charge in [-0.2, -0.15) is 0 Å². The lowest BCUT2D eigenvalue weighted by molar-refractivity contribution is -0.123. The van der Waals surface area contributed by atoms with Gasteiger partial charge in [-0.25, -0.2) is 5.84 Å². The second kappa shape index (κ2) is 5.00. The van der Waals surface area contributed by atoms with E-state index in [1.54, 1.807) is 6.07 Å². The Morgan fingerprint density at radius 3 is 2.73 bits per heavy atom. The fourth-order valence-corrected chi connectivity index (χ4v) is 1.64. The van der Waals surface area contributed by atoms with Crippen LogP contribution in [0.2, 0.25) is 5.02 Å². The Morgan fingerprint density at radius 2 is 2.20 bits per heavy atom. The zero-order chi connectivity index (χ0) is 11.4. The molecule has 15 heavy (non-hydrogen) atoms. The van der Waals surface area contributed by atoms with Crippen molar-refractivity contribution in [2.24, 2.45) is 5.84 Å². The van der Waals surface area contributed by atoms with Crippen LogP contribution >= 0.6 is 11.6 Å². The molecule has 1 aromatic rings. The van der Waals surface area contributed by atoms with Crippen molar-refractivity contribution in [3.05, 3.63) is 28.3 Å². The van der Waals surface area contributed by atoms with Crippen molar-refractivity contribution < 1.29 is 9.53 Å². The fourth-order valence-electron chi connectivity index (χ4n) is 1.26. The summed E-state index contributed by atoms with van der Waals surface area (Å²) in [4.78, 5) is 10.9. The molecule has 0 saturated heterocycles. The Kier molecular flexibility index (Phi) is 3.94. The van der Waals surface area contributed by atoms with Crippen LogP contribution in [0.3, 0.4) is 0 Å². The second-order valence-corrected chi connectivity index (χ2v) is 3.66. The van der Waals surface area contributed by atoms with Crippen molar-refractivity contribution in [2.45, 2.75) is 13.8 Å². The van der Waals surface area contributed by atoms with Crippen LogP contribution in [-0.4, -0.2) is 12.5 Å². The summed E-state index contributed by atoms with van der Waals surface area (Å²) < 4.78 is 5.25. The van der Waals surface area contributed by atoms with Gasteiger partial charge < -0.3 is 4.74 Å². The molecule has 1 amide bonds. The number of halogens is 1. The first kappa shape index (κ1) is 11.8. The van der Waals surface area contributed by atoms with Gasteiger partial charge in [0.1, 0.15) is 5.75 Å². The number of hydrogen-bond donors (Lipinski definition) is 2. The zero-order valence-corrected chi connectivity index (χ0v) is 9.39. The molecule has 3 N–H and O–H groups in total. The highest BCUT2D eigenvalue weighted by atomic mass is 35.5. The second-order valence-electron chi connectivity index (χ2n) is 3.25. The number of nitrogens with one attached hydrogen (secondary N) is 1. The number of nitrogens with two attached hydrogens (primary N) is 1. The fraction of sp³-hybridized carbons (Fsp3) is 0.300. The minimum Gasteiger partial charge on any atom is -0.482 e. The van der Waals surface area contributed by atoms with Crippen LogP contribution in [0.4, 0.5) is 0 Å². The van der Waals surface area contributed by atoms with Crippen molar-refractivity contribution in [3.8, 4) is 5.75 Å². The van der Waals surface area contributed by atoms with Crippen LogP contribution in [0.1, 0.15) is 11.1 Å². The third kappa shape index (κ3) is 3.11. The van der Waals surface area contributed by atoms with Crippen LogP contribution in [0, 0.1) is 13.8 Å². The maximum atomic E-state index is 10.9. The number of aryl methyl sites for hydroxylation is 2. The van der Waals surface area contributed by atoms with Gasteiger partial charge in [0.05, 0.1) is 5.02 Å². The third-order valence-corrected chi connectivity index (χ3v) is 2.16. The van der Waals surface area contributed by atoms with Gasteiger partial charge in [0.25, 0.3) is 5.91 Å². The lowest BCUT2D eigenvalue weighted by atomic mass is 10.1. The highest BCUT2D eigenvalue weighted by Gasteiger charge is 2.08. The molecular formula is C10H13ClN2O2. The van der Waals surface area contributed by atoms with Crippen molar-refractivity contribution in [2.75, 3.05) is 6.61 Å². The largest absolute Gasteiger partial charge is 0.482 e. The third-order valence-electron chi connectivity index (χ3n) is 1.88. The quantitative estimate of drug-likeness (QED) is 0.466. The Morgan fingerprint density at radius 1 is 1.53 bits per heavy atom. The molecule has 0 fully saturated rings. The molecule has 0 aliphatic carbocycles. The number of rotatable bonds is 3. The summed E-state index contributed by atoms with van der Waals surface area (Å²) in [5.74, 6) is 5.05. The van der Waals surface area contributed by atoms with E-state index in [1.165, 1.54) is 0 Å². The average molecular weight is 229 g/mol. The van der Waals surface area contributed by atoms with Crippen LogP contribution in [-0.2, 0) is 4.79 Å². The Bertz CT molecular complexity index is 357. The van der Waals surface area contributed by atoms with Gasteiger partial charge in [0.2, 0.25) is 0 Å². The minimum absolute atomic E-state index is 0.139. The van der Waals surface area contributed by atoms with Crippen molar-refractivity contribution in [1.29, 1.82) is 0 Å². The molecule has 1 rings (SSSR count). The summed E-state index contributed by atoms with van der Waals surface area (Å²) in [5.41, 5.74) is 3.92. The topological polar surface area (TPSA) is 64.3 Å². The van der Waals surface area contributed by atoms with Gasteiger partial charge >= 0.3 is 0 Å². The van der Waals surface area contributed by atoms with E-state index in [0.29, 0.717) is 10.8 Å². The molecule has 4 nitrogen and oxygen atoms in total. The maximum absolute atomic E-state index is 10.9. The summed E-state index contributed by atoms with van der Waals surface area (Å²) in [6, 6.07) is 3.71. The molecule has 0 aliphatic heterocycles. The van der Waals surface area contributed by atoms with Gasteiger partial charge in [0, 0.05) is 0 Å². The van der Waals surface area contributed by atoms with Gasteiger partial charge in [-0.3, -0.25) is 10.2 Å². The SMILES string of the molecule is Cc1cc(C)c(OCC(=O)NN)c(Cl)c1. The summed E-state index contributed by atoms with van der Waals surface area (Å²) in [6.45, 7) is 3.67. The van der Waals surface area contributed by atoms with E-state index in [4.69, 9.17) is 22.2 Å². The molecule has 0 aromatic heterocycles. The van der Waals surface area contributed by atoms with Crippen molar-refractivity contribution in [1.82, 2.24) is 5.43 Å². The van der Waals surface area contributed by atoms with Gasteiger partial charge in [0.15, 0.2) is 6.61 Å². The van der Waals surface area contributed by atoms with E-state index in [2.05, 4.69) is 0 Å². The smallest absolute Gasteiger partial charge is 0.271 e. The van der Waals surface area contributed by atoms with Crippen molar-refractivity contribution in [3.63, 3.8) is 0 Å². The first-order valence-electron chi connectivity index (χ1n) is 4.43. The standard InChI is InChI=1S/C10H13ClN2O2/c1-6-3-7(2)10(8(11)4-6)15-5-9(14)13-12/h3-4H,5,12H2,1-2H3,(H,13,14). The van der Waals surface area contributed by atoms with Crippen molar-refractivity contribution >= 4 is 17.5 Å². The predicted octanol–water partition coefficient (Wildman–Crippen LogP) is 1.33. The summed E-state index contributed by atoms with van der Waals surface area (Å²) in [5, 5.41) is 0.498. The van der Waals surface area contributed by atoms with Crippen LogP contribution in [0.15, 0.2) is 12.1 Å². The minimum atomic E-state index is -0.397. The summed E-state index contributed by atoms with van der Waals surface area (Å²) in [7, 11) is 0. The van der Waals surface area contributed by atoms with Crippen LogP contribution in [0.25, 0.3) is 0 Å². The lowest BCUT2D eigenvalue weighted by Gasteiger charge is -2.10. The molecule has 0 heterocycles. The zero-order valence-electron chi connectivity index (χ0n) is 8.63. The number of ether oxygens (including phenoxy) is 1. The van der Waals surface area contributed by atoms with Crippen LogP contribution < -0.4 is 16.0 Å². The first-order chi connectivity index (χ1) is 7.04. The molecule has 1 aromatic carbocycles. The predicted molar refractivity (Wildman–Crippen MR) is 58.8 cm³/mol. The van der Waals surface area contributed by atoms with E-state index in [-0.39, 0.29) is 6.61 Å². The van der Waals surface area contributed by atoms with E-state index >= 15 is 0 Å². The Balaban J connectivity index is 2.81. The monoisotopic (exact) mass is 228 g/mol. The van der Waals surface area contributed by atoms with Crippen LogP contribution in [0.5, 0.6) is 5.75 Å². The number of amides is 1. The Labute approximate surface area is 93.3 Å². The van der Waals surface area contributed by atoms with E-state index < -0.39 is 5.91 Å². The average Bonchev–Trinajstić information content (AvgIpc) is 2.15. The molecule has 0 radical (unpaired) electrons. The first-order valence-corrected chi connectivity index (χ1v) is 4.81. The molecule has 0 bridgehead atoms. The number of hydrogen-bond acceptors (Lipinski definition) is 3. The van der Waals surface area contributed by atoms with Gasteiger partial charge in [-0.1, -0.05) is 17.7 Å². The highest BCUT2D eigenvalue weighted by Crippen LogP contribution is 2.29. The molecule has 0 unspecified atom stereocenters. The Hall–Kier alpha value is -1.26. The molecule has 0 atom stereocenters.